The van der Waals surface area contributed by atoms with Gasteiger partial charge in [-0.25, -0.2) is 14.4 Å². The van der Waals surface area contributed by atoms with Crippen molar-refractivity contribution in [2.24, 2.45) is 0 Å². The van der Waals surface area contributed by atoms with Crippen molar-refractivity contribution >= 4 is 5.82 Å². The molecule has 1 saturated heterocycles. The Morgan fingerprint density at radius 2 is 2.20 bits per heavy atom. The van der Waals surface area contributed by atoms with Gasteiger partial charge in [0, 0.05) is 37.6 Å². The van der Waals surface area contributed by atoms with Crippen LogP contribution in [0.3, 0.4) is 0 Å². The van der Waals surface area contributed by atoms with E-state index in [9.17, 15) is 4.39 Å². The van der Waals surface area contributed by atoms with Crippen molar-refractivity contribution in [3.63, 3.8) is 0 Å². The lowest BCUT2D eigenvalue weighted by Crippen LogP contribution is -2.22. The smallest absolute Gasteiger partial charge is 0.187 e. The van der Waals surface area contributed by atoms with E-state index in [-0.39, 0.29) is 11.7 Å². The monoisotopic (exact) mass is 273 g/mol. The van der Waals surface area contributed by atoms with E-state index >= 15 is 0 Å². The molecular weight excluding hydrogens is 257 g/mol. The second-order valence-corrected chi connectivity index (χ2v) is 4.87. The van der Waals surface area contributed by atoms with Crippen molar-refractivity contribution in [3.8, 4) is 0 Å². The molecule has 0 N–H and O–H groups in total. The third-order valence-corrected chi connectivity index (χ3v) is 3.67. The fourth-order valence-corrected chi connectivity index (χ4v) is 2.58. The zero-order valence-corrected chi connectivity index (χ0v) is 11.3. The standard InChI is InChI=1S/C14H16FN5/c1-2-11-13(15)14(19-9-18-11)20-6-3-10(8-20)12-7-16-4-5-17-12/h4-5,7,9-10H,2-3,6,8H2,1H3. The van der Waals surface area contributed by atoms with Crippen molar-refractivity contribution in [1.29, 1.82) is 0 Å². The number of nitrogens with zero attached hydrogens (tertiary/aromatic N) is 5. The maximum Gasteiger partial charge on any atom is 0.187 e. The zero-order chi connectivity index (χ0) is 13.9. The highest BCUT2D eigenvalue weighted by atomic mass is 19.1. The summed E-state index contributed by atoms with van der Waals surface area (Å²) < 4.78 is 14.3. The van der Waals surface area contributed by atoms with Gasteiger partial charge in [0.1, 0.15) is 6.33 Å². The highest BCUT2D eigenvalue weighted by Gasteiger charge is 2.28. The molecule has 0 bridgehead atoms. The first kappa shape index (κ1) is 12.9. The van der Waals surface area contributed by atoms with Gasteiger partial charge in [-0.2, -0.15) is 0 Å². The largest absolute Gasteiger partial charge is 0.353 e. The molecular formula is C14H16FN5. The van der Waals surface area contributed by atoms with Crippen molar-refractivity contribution in [2.45, 2.75) is 25.7 Å². The molecule has 20 heavy (non-hydrogen) atoms. The fourth-order valence-electron chi connectivity index (χ4n) is 2.58. The molecule has 3 heterocycles. The van der Waals surface area contributed by atoms with Gasteiger partial charge < -0.3 is 4.90 Å². The first-order valence-corrected chi connectivity index (χ1v) is 6.79. The Morgan fingerprint density at radius 3 is 2.95 bits per heavy atom. The number of hydrogen-bond donors (Lipinski definition) is 0. The number of anilines is 1. The maximum absolute atomic E-state index is 14.3. The number of halogens is 1. The van der Waals surface area contributed by atoms with Gasteiger partial charge in [-0.05, 0) is 12.8 Å². The van der Waals surface area contributed by atoms with Crippen LogP contribution in [0.2, 0.25) is 0 Å². The van der Waals surface area contributed by atoms with E-state index in [1.165, 1.54) is 6.33 Å². The summed E-state index contributed by atoms with van der Waals surface area (Å²) in [5.41, 5.74) is 1.43. The maximum atomic E-state index is 14.3. The predicted octanol–water partition coefficient (Wildman–Crippen LogP) is 1.96. The van der Waals surface area contributed by atoms with Gasteiger partial charge in [0.15, 0.2) is 11.6 Å². The minimum atomic E-state index is -0.296. The van der Waals surface area contributed by atoms with E-state index in [2.05, 4.69) is 19.9 Å². The topological polar surface area (TPSA) is 54.8 Å². The Hall–Kier alpha value is -2.11. The van der Waals surface area contributed by atoms with E-state index in [0.717, 1.165) is 25.2 Å². The fraction of sp³-hybridized carbons (Fsp3) is 0.429. The van der Waals surface area contributed by atoms with Crippen LogP contribution >= 0.6 is 0 Å². The lowest BCUT2D eigenvalue weighted by molar-refractivity contribution is 0.588. The lowest BCUT2D eigenvalue weighted by atomic mass is 10.1. The summed E-state index contributed by atoms with van der Waals surface area (Å²) in [5.74, 6) is 0.390. The van der Waals surface area contributed by atoms with E-state index in [1.54, 1.807) is 18.6 Å². The van der Waals surface area contributed by atoms with Crippen LogP contribution in [0.25, 0.3) is 0 Å². The molecule has 0 radical (unpaired) electrons. The van der Waals surface area contributed by atoms with E-state index < -0.39 is 0 Å². The van der Waals surface area contributed by atoms with E-state index in [0.29, 0.717) is 17.9 Å². The number of hydrogen-bond acceptors (Lipinski definition) is 5. The Balaban J connectivity index is 1.81. The van der Waals surface area contributed by atoms with Crippen LogP contribution in [0, 0.1) is 5.82 Å². The zero-order valence-electron chi connectivity index (χ0n) is 11.3. The minimum Gasteiger partial charge on any atom is -0.353 e. The van der Waals surface area contributed by atoms with Crippen molar-refractivity contribution in [1.82, 2.24) is 19.9 Å². The van der Waals surface area contributed by atoms with Crippen LogP contribution in [0.15, 0.2) is 24.9 Å². The summed E-state index contributed by atoms with van der Waals surface area (Å²) in [6.45, 7) is 3.38. The third kappa shape index (κ3) is 2.33. The Morgan fingerprint density at radius 1 is 1.30 bits per heavy atom. The summed E-state index contributed by atoms with van der Waals surface area (Å²) in [5, 5.41) is 0. The Labute approximate surface area is 116 Å². The molecule has 1 unspecified atom stereocenters. The molecule has 104 valence electrons. The Bertz CT molecular complexity index is 589. The van der Waals surface area contributed by atoms with Crippen molar-refractivity contribution in [3.05, 3.63) is 42.1 Å². The Kier molecular flexibility index (Phi) is 3.54. The van der Waals surface area contributed by atoms with Gasteiger partial charge in [0.05, 0.1) is 11.4 Å². The van der Waals surface area contributed by atoms with Crippen molar-refractivity contribution in [2.75, 3.05) is 18.0 Å². The van der Waals surface area contributed by atoms with Gasteiger partial charge in [0.2, 0.25) is 0 Å². The quantitative estimate of drug-likeness (QED) is 0.855. The van der Waals surface area contributed by atoms with Gasteiger partial charge in [-0.3, -0.25) is 9.97 Å². The first-order chi connectivity index (χ1) is 9.79. The van der Waals surface area contributed by atoms with Crippen LogP contribution in [0.1, 0.15) is 30.7 Å². The van der Waals surface area contributed by atoms with Crippen LogP contribution < -0.4 is 4.90 Å². The molecule has 2 aromatic heterocycles. The summed E-state index contributed by atoms with van der Waals surface area (Å²) in [4.78, 5) is 18.5. The number of aromatic nitrogens is 4. The van der Waals surface area contributed by atoms with E-state index in [1.807, 2.05) is 11.8 Å². The molecule has 0 saturated carbocycles. The summed E-state index contributed by atoms with van der Waals surface area (Å²) in [7, 11) is 0. The average molecular weight is 273 g/mol. The third-order valence-electron chi connectivity index (χ3n) is 3.67. The highest BCUT2D eigenvalue weighted by molar-refractivity contribution is 5.43. The van der Waals surface area contributed by atoms with Crippen LogP contribution in [0.5, 0.6) is 0 Å². The van der Waals surface area contributed by atoms with E-state index in [4.69, 9.17) is 0 Å². The molecule has 0 amide bonds. The van der Waals surface area contributed by atoms with Crippen LogP contribution in [-0.4, -0.2) is 33.0 Å². The summed E-state index contributed by atoms with van der Waals surface area (Å²) in [6, 6.07) is 0. The molecule has 1 aliphatic heterocycles. The van der Waals surface area contributed by atoms with Crippen LogP contribution in [0.4, 0.5) is 10.2 Å². The number of aryl methyl sites for hydroxylation is 1. The molecule has 1 fully saturated rings. The van der Waals surface area contributed by atoms with Gasteiger partial charge >= 0.3 is 0 Å². The lowest BCUT2D eigenvalue weighted by Gasteiger charge is -2.18. The second kappa shape index (κ2) is 5.48. The van der Waals surface area contributed by atoms with Gasteiger partial charge in [-0.15, -0.1) is 0 Å². The van der Waals surface area contributed by atoms with Crippen molar-refractivity contribution < 1.29 is 4.39 Å². The molecule has 0 aliphatic carbocycles. The molecule has 3 rings (SSSR count). The van der Waals surface area contributed by atoms with Gasteiger partial charge in [-0.1, -0.05) is 6.92 Å². The molecule has 2 aromatic rings. The number of rotatable bonds is 3. The minimum absolute atomic E-state index is 0.281. The summed E-state index contributed by atoms with van der Waals surface area (Å²) >= 11 is 0. The average Bonchev–Trinajstić information content (AvgIpc) is 2.98. The molecule has 0 spiro atoms. The molecule has 6 heteroatoms. The first-order valence-electron chi connectivity index (χ1n) is 6.79. The highest BCUT2D eigenvalue weighted by Crippen LogP contribution is 2.30. The molecule has 0 aromatic carbocycles. The molecule has 1 aliphatic rings. The summed E-state index contributed by atoms with van der Waals surface area (Å²) in [6.07, 6.45) is 8.08. The normalized spacial score (nSPS) is 18.5. The predicted molar refractivity (Wildman–Crippen MR) is 73.0 cm³/mol. The molecule has 1 atom stereocenters. The van der Waals surface area contributed by atoms with Crippen LogP contribution in [-0.2, 0) is 6.42 Å². The van der Waals surface area contributed by atoms with Gasteiger partial charge in [0.25, 0.3) is 0 Å². The molecule has 5 nitrogen and oxygen atoms in total. The SMILES string of the molecule is CCc1ncnc(N2CCC(c3cnccn3)C2)c1F. The second-order valence-electron chi connectivity index (χ2n) is 4.87.